The predicted molar refractivity (Wildman–Crippen MR) is 132 cm³/mol. The molecule has 0 aromatic heterocycles. The smallest absolute Gasteiger partial charge is 0.338 e. The van der Waals surface area contributed by atoms with Crippen LogP contribution in [-0.4, -0.2) is 46.8 Å². The summed E-state index contributed by atoms with van der Waals surface area (Å²) >= 11 is 0.376. The van der Waals surface area contributed by atoms with Crippen molar-refractivity contribution in [1.29, 1.82) is 0 Å². The van der Waals surface area contributed by atoms with E-state index >= 15 is 0 Å². The van der Waals surface area contributed by atoms with Crippen molar-refractivity contribution in [2.45, 2.75) is 15.5 Å². The first-order valence-corrected chi connectivity index (χ1v) is 12.7. The molecule has 0 aliphatic carbocycles. The zero-order valence-electron chi connectivity index (χ0n) is 19.2. The van der Waals surface area contributed by atoms with Crippen LogP contribution in [0.3, 0.4) is 0 Å². The van der Waals surface area contributed by atoms with Gasteiger partial charge in [-0.3, -0.25) is 9.10 Å². The molecule has 190 valence electrons. The second-order valence-corrected chi connectivity index (χ2v) is 10.3. The van der Waals surface area contributed by atoms with Gasteiger partial charge in [-0.2, -0.15) is 8.78 Å². The Kier molecular flexibility index (Phi) is 8.88. The highest BCUT2D eigenvalue weighted by molar-refractivity contribution is 7.99. The molecule has 1 N–H and O–H groups in total. The number of hydrogen-bond acceptors (Lipinski definition) is 7. The summed E-state index contributed by atoms with van der Waals surface area (Å²) in [7, 11) is -1.11. The van der Waals surface area contributed by atoms with Crippen molar-refractivity contribution >= 4 is 45.0 Å². The Hall–Kier alpha value is -3.64. The first-order chi connectivity index (χ1) is 17.1. The number of ether oxygens (including phenoxy) is 2. The fraction of sp³-hybridized carbons (Fsp3) is 0.167. The largest absolute Gasteiger partial charge is 0.497 e. The van der Waals surface area contributed by atoms with Crippen LogP contribution in [0.5, 0.6) is 5.75 Å². The molecule has 0 radical (unpaired) electrons. The lowest BCUT2D eigenvalue weighted by Crippen LogP contribution is -2.26. The molecule has 3 rings (SSSR count). The molecule has 0 aliphatic rings. The fourth-order valence-electron chi connectivity index (χ4n) is 3.00. The minimum Gasteiger partial charge on any atom is -0.497 e. The lowest BCUT2D eigenvalue weighted by molar-refractivity contribution is -0.119. The molecule has 12 heteroatoms. The van der Waals surface area contributed by atoms with Crippen LogP contribution >= 0.6 is 11.8 Å². The van der Waals surface area contributed by atoms with E-state index in [-0.39, 0.29) is 10.5 Å². The molecule has 8 nitrogen and oxygen atoms in total. The maximum atomic E-state index is 13.0. The number of carbonyl (C=O) groups is 2. The lowest BCUT2D eigenvalue weighted by Gasteiger charge is -2.20. The molecule has 0 heterocycles. The van der Waals surface area contributed by atoms with E-state index in [1.165, 1.54) is 56.6 Å². The predicted octanol–water partition coefficient (Wildman–Crippen LogP) is 4.63. The number of thioether (sulfide) groups is 1. The molecule has 3 aromatic rings. The van der Waals surface area contributed by atoms with Crippen LogP contribution in [0, 0.1) is 0 Å². The van der Waals surface area contributed by atoms with Crippen molar-refractivity contribution in [3.05, 3.63) is 78.4 Å². The molecular formula is C24H22F2N2O6S2. The number of hydrogen-bond donors (Lipinski definition) is 1. The summed E-state index contributed by atoms with van der Waals surface area (Å²) in [5.41, 5.74) is 0.672. The first-order valence-electron chi connectivity index (χ1n) is 10.3. The van der Waals surface area contributed by atoms with Gasteiger partial charge in [-0.15, -0.1) is 0 Å². The third kappa shape index (κ3) is 6.95. The minimum atomic E-state index is -3.99. The normalized spacial score (nSPS) is 11.1. The van der Waals surface area contributed by atoms with E-state index < -0.39 is 34.3 Å². The Bertz CT molecular complexity index is 1320. The summed E-state index contributed by atoms with van der Waals surface area (Å²) < 4.78 is 62.0. The number of benzene rings is 3. The quantitative estimate of drug-likeness (QED) is 0.298. The van der Waals surface area contributed by atoms with Gasteiger partial charge >= 0.3 is 5.97 Å². The Morgan fingerprint density at radius 2 is 1.69 bits per heavy atom. The van der Waals surface area contributed by atoms with E-state index in [2.05, 4.69) is 5.32 Å². The zero-order chi connectivity index (χ0) is 26.3. The molecule has 36 heavy (non-hydrogen) atoms. The van der Waals surface area contributed by atoms with E-state index in [1.54, 1.807) is 24.3 Å². The molecule has 1 amide bonds. The van der Waals surface area contributed by atoms with Gasteiger partial charge in [0.1, 0.15) is 5.75 Å². The summed E-state index contributed by atoms with van der Waals surface area (Å²) in [6, 6.07) is 17.4. The third-order valence-electron chi connectivity index (χ3n) is 4.86. The van der Waals surface area contributed by atoms with E-state index in [0.29, 0.717) is 33.8 Å². The highest BCUT2D eigenvalue weighted by atomic mass is 32.2. The number of halogens is 2. The third-order valence-corrected chi connectivity index (χ3v) is 7.37. The van der Waals surface area contributed by atoms with Crippen LogP contribution in [-0.2, 0) is 19.6 Å². The number of anilines is 2. The van der Waals surface area contributed by atoms with Crippen molar-refractivity contribution in [2.24, 2.45) is 0 Å². The van der Waals surface area contributed by atoms with Crippen molar-refractivity contribution < 1.29 is 36.3 Å². The maximum absolute atomic E-state index is 13.0. The molecule has 0 saturated carbocycles. The summed E-state index contributed by atoms with van der Waals surface area (Å²) in [5.74, 6) is -3.53. The molecule has 0 saturated heterocycles. The van der Waals surface area contributed by atoms with Crippen LogP contribution in [0.4, 0.5) is 20.2 Å². The molecule has 0 bridgehead atoms. The van der Waals surface area contributed by atoms with E-state index in [0.717, 1.165) is 10.4 Å². The number of carbonyl (C=O) groups excluding carboxylic acids is 2. The van der Waals surface area contributed by atoms with Crippen molar-refractivity contribution in [3.8, 4) is 5.75 Å². The number of nitrogens with one attached hydrogen (secondary N) is 1. The molecule has 0 unspecified atom stereocenters. The van der Waals surface area contributed by atoms with Gasteiger partial charge in [0, 0.05) is 17.6 Å². The number of amides is 1. The van der Waals surface area contributed by atoms with Gasteiger partial charge in [0.2, 0.25) is 0 Å². The van der Waals surface area contributed by atoms with Crippen LogP contribution in [0.25, 0.3) is 0 Å². The van der Waals surface area contributed by atoms with Crippen LogP contribution in [0.2, 0.25) is 0 Å². The Labute approximate surface area is 211 Å². The molecular weight excluding hydrogens is 514 g/mol. The van der Waals surface area contributed by atoms with Crippen molar-refractivity contribution in [2.75, 3.05) is 30.4 Å². The molecule has 0 atom stereocenters. The summed E-state index contributed by atoms with van der Waals surface area (Å²) in [6.07, 6.45) is 0. The van der Waals surface area contributed by atoms with E-state index in [1.807, 2.05) is 0 Å². The van der Waals surface area contributed by atoms with Crippen LogP contribution < -0.4 is 14.4 Å². The van der Waals surface area contributed by atoms with Gasteiger partial charge in [0.15, 0.2) is 6.61 Å². The summed E-state index contributed by atoms with van der Waals surface area (Å²) in [5, 5.41) is 2.48. The number of methoxy groups -OCH3 is 1. The highest BCUT2D eigenvalue weighted by Gasteiger charge is 2.23. The van der Waals surface area contributed by atoms with Gasteiger partial charge in [0.05, 0.1) is 23.3 Å². The van der Waals surface area contributed by atoms with Gasteiger partial charge in [-0.05, 0) is 66.7 Å². The standard InChI is InChI=1S/C24H22F2N2O6S2/c1-28(18-8-10-19(33-2)11-9-18)36(31,32)21-5-3-4-16(14-21)23(30)34-15-22(29)27-17-6-12-20(13-7-17)35-24(25)26/h3-14,24H,15H2,1-2H3,(H,27,29). The summed E-state index contributed by atoms with van der Waals surface area (Å²) in [4.78, 5) is 24.7. The Balaban J connectivity index is 1.62. The number of nitrogens with zero attached hydrogens (tertiary/aromatic N) is 1. The second kappa shape index (κ2) is 11.9. The topological polar surface area (TPSA) is 102 Å². The van der Waals surface area contributed by atoms with E-state index in [9.17, 15) is 26.8 Å². The number of esters is 1. The van der Waals surface area contributed by atoms with E-state index in [4.69, 9.17) is 9.47 Å². The minimum absolute atomic E-state index is 0.0552. The fourth-order valence-corrected chi connectivity index (χ4v) is 4.74. The molecule has 0 fully saturated rings. The molecule has 0 spiro atoms. The van der Waals surface area contributed by atoms with Gasteiger partial charge < -0.3 is 14.8 Å². The zero-order valence-corrected chi connectivity index (χ0v) is 20.8. The monoisotopic (exact) mass is 536 g/mol. The number of sulfonamides is 1. The van der Waals surface area contributed by atoms with Gasteiger partial charge in [0.25, 0.3) is 21.7 Å². The number of alkyl halides is 2. The van der Waals surface area contributed by atoms with Crippen molar-refractivity contribution in [1.82, 2.24) is 0 Å². The first kappa shape index (κ1) is 27.0. The average molecular weight is 537 g/mol. The second-order valence-electron chi connectivity index (χ2n) is 7.23. The number of rotatable bonds is 10. The molecule has 0 aliphatic heterocycles. The lowest BCUT2D eigenvalue weighted by atomic mass is 10.2. The van der Waals surface area contributed by atoms with Crippen LogP contribution in [0.1, 0.15) is 10.4 Å². The average Bonchev–Trinajstić information content (AvgIpc) is 2.87. The Morgan fingerprint density at radius 3 is 2.31 bits per heavy atom. The van der Waals surface area contributed by atoms with Gasteiger partial charge in [-0.1, -0.05) is 17.8 Å². The highest BCUT2D eigenvalue weighted by Crippen LogP contribution is 2.27. The molecule has 3 aromatic carbocycles. The van der Waals surface area contributed by atoms with Crippen molar-refractivity contribution in [3.63, 3.8) is 0 Å². The summed E-state index contributed by atoms with van der Waals surface area (Å²) in [6.45, 7) is -0.630. The van der Waals surface area contributed by atoms with Gasteiger partial charge in [-0.25, -0.2) is 13.2 Å². The Morgan fingerprint density at radius 1 is 1.03 bits per heavy atom. The van der Waals surface area contributed by atoms with Crippen LogP contribution in [0.15, 0.2) is 82.6 Å². The maximum Gasteiger partial charge on any atom is 0.338 e. The SMILES string of the molecule is COc1ccc(N(C)S(=O)(=O)c2cccc(C(=O)OCC(=O)Nc3ccc(SC(F)F)cc3)c2)cc1.